The molecule has 164 valence electrons. The van der Waals surface area contributed by atoms with Crippen LogP contribution in [0.1, 0.15) is 22.4 Å². The highest BCUT2D eigenvalue weighted by Crippen LogP contribution is 2.35. The maximum absolute atomic E-state index is 6.32. The highest BCUT2D eigenvalue weighted by atomic mass is 16.3. The van der Waals surface area contributed by atoms with Crippen molar-refractivity contribution in [2.45, 2.75) is 20.3 Å². The fourth-order valence-electron chi connectivity index (χ4n) is 4.79. The smallest absolute Gasteiger partial charge is 0.227 e. The molecule has 0 N–H and O–H groups in total. The van der Waals surface area contributed by atoms with Gasteiger partial charge in [-0.05, 0) is 60.4 Å². The lowest BCUT2D eigenvalue weighted by molar-refractivity contribution is 0.652. The zero-order valence-corrected chi connectivity index (χ0v) is 19.2. The van der Waals surface area contributed by atoms with Crippen LogP contribution in [0.2, 0.25) is 0 Å². The van der Waals surface area contributed by atoms with Crippen LogP contribution >= 0.6 is 0 Å². The zero-order chi connectivity index (χ0) is 23.1. The number of rotatable bonds is 4. The predicted molar refractivity (Wildman–Crippen MR) is 139 cm³/mol. The molecule has 0 aliphatic rings. The predicted octanol–water partition coefficient (Wildman–Crippen LogP) is 7.92. The summed E-state index contributed by atoms with van der Waals surface area (Å²) in [6, 6.07) is 31.4. The lowest BCUT2D eigenvalue weighted by Crippen LogP contribution is -1.91. The molecule has 3 heterocycles. The SMILES string of the molecule is Cc1cccc(C)c1-c1ccc(-c2cccc3c2oc2nc(Cc4ccccc4)ccc23)nc1. The standard InChI is InChI=1S/C31H24N2O/c1-20-8-6-9-21(2)29(20)23-14-17-28(32-19-23)27-13-7-12-25-26-16-15-24(33-31(26)34-30(25)27)18-22-10-4-3-5-11-22/h3-17,19H,18H2,1-2H3. The van der Waals surface area contributed by atoms with E-state index < -0.39 is 0 Å². The van der Waals surface area contributed by atoms with Crippen molar-refractivity contribution in [1.29, 1.82) is 0 Å². The maximum Gasteiger partial charge on any atom is 0.227 e. The second-order valence-electron chi connectivity index (χ2n) is 8.80. The quantitative estimate of drug-likeness (QED) is 0.279. The summed E-state index contributed by atoms with van der Waals surface area (Å²) in [5.41, 5.74) is 10.5. The molecule has 0 spiro atoms. The molecule has 0 fully saturated rings. The first-order chi connectivity index (χ1) is 16.7. The van der Waals surface area contributed by atoms with Crippen molar-refractivity contribution in [3.63, 3.8) is 0 Å². The summed E-state index contributed by atoms with van der Waals surface area (Å²) in [4.78, 5) is 9.65. The maximum atomic E-state index is 6.32. The zero-order valence-electron chi connectivity index (χ0n) is 19.2. The third-order valence-corrected chi connectivity index (χ3v) is 6.46. The summed E-state index contributed by atoms with van der Waals surface area (Å²) >= 11 is 0. The summed E-state index contributed by atoms with van der Waals surface area (Å²) < 4.78 is 6.32. The van der Waals surface area contributed by atoms with Crippen LogP contribution in [-0.2, 0) is 6.42 Å². The molecule has 0 unspecified atom stereocenters. The van der Waals surface area contributed by atoms with Gasteiger partial charge in [-0.3, -0.25) is 4.98 Å². The molecule has 3 aromatic carbocycles. The Morgan fingerprint density at radius 1 is 0.706 bits per heavy atom. The highest BCUT2D eigenvalue weighted by molar-refractivity contribution is 6.08. The number of hydrogen-bond donors (Lipinski definition) is 0. The van der Waals surface area contributed by atoms with E-state index in [2.05, 4.69) is 98.8 Å². The van der Waals surface area contributed by atoms with Crippen molar-refractivity contribution in [1.82, 2.24) is 9.97 Å². The van der Waals surface area contributed by atoms with E-state index in [0.717, 1.165) is 45.3 Å². The molecule has 3 aromatic heterocycles. The van der Waals surface area contributed by atoms with Gasteiger partial charge in [0.1, 0.15) is 5.58 Å². The second kappa shape index (κ2) is 8.27. The van der Waals surface area contributed by atoms with E-state index in [1.165, 1.54) is 22.3 Å². The van der Waals surface area contributed by atoms with Crippen LogP contribution in [0.15, 0.2) is 102 Å². The Morgan fingerprint density at radius 2 is 1.50 bits per heavy atom. The van der Waals surface area contributed by atoms with Gasteiger partial charge >= 0.3 is 0 Å². The van der Waals surface area contributed by atoms with Crippen molar-refractivity contribution in [2.75, 3.05) is 0 Å². The molecule has 0 radical (unpaired) electrons. The summed E-state index contributed by atoms with van der Waals surface area (Å²) in [6.45, 7) is 4.29. The minimum absolute atomic E-state index is 0.669. The number of aromatic nitrogens is 2. The largest absolute Gasteiger partial charge is 0.437 e. The van der Waals surface area contributed by atoms with E-state index in [0.29, 0.717) is 5.71 Å². The first-order valence-electron chi connectivity index (χ1n) is 11.6. The van der Waals surface area contributed by atoms with Gasteiger partial charge in [0.2, 0.25) is 5.71 Å². The molecule has 3 nitrogen and oxygen atoms in total. The molecule has 3 heteroatoms. The van der Waals surface area contributed by atoms with Gasteiger partial charge in [-0.15, -0.1) is 0 Å². The molecule has 0 aliphatic heterocycles. The van der Waals surface area contributed by atoms with E-state index in [9.17, 15) is 0 Å². The van der Waals surface area contributed by atoms with Gasteiger partial charge in [-0.25, -0.2) is 4.98 Å². The number of furan rings is 1. The Morgan fingerprint density at radius 3 is 2.26 bits per heavy atom. The molecule has 0 saturated heterocycles. The topological polar surface area (TPSA) is 38.9 Å². The van der Waals surface area contributed by atoms with Crippen molar-refractivity contribution >= 4 is 22.1 Å². The van der Waals surface area contributed by atoms with Crippen molar-refractivity contribution in [2.24, 2.45) is 0 Å². The lowest BCUT2D eigenvalue weighted by Gasteiger charge is -2.10. The minimum Gasteiger partial charge on any atom is -0.437 e. The van der Waals surface area contributed by atoms with Crippen LogP contribution in [0.25, 0.3) is 44.5 Å². The number of fused-ring (bicyclic) bond motifs is 3. The average Bonchev–Trinajstić information content (AvgIpc) is 3.23. The van der Waals surface area contributed by atoms with Crippen LogP contribution in [0.4, 0.5) is 0 Å². The fourth-order valence-corrected chi connectivity index (χ4v) is 4.79. The molecular formula is C31H24N2O. The summed E-state index contributed by atoms with van der Waals surface area (Å²) in [6.07, 6.45) is 2.74. The van der Waals surface area contributed by atoms with Gasteiger partial charge < -0.3 is 4.42 Å². The van der Waals surface area contributed by atoms with Crippen LogP contribution in [-0.4, -0.2) is 9.97 Å². The van der Waals surface area contributed by atoms with Gasteiger partial charge in [-0.1, -0.05) is 66.7 Å². The van der Waals surface area contributed by atoms with E-state index in [1.807, 2.05) is 12.3 Å². The molecule has 0 atom stereocenters. The number of benzene rings is 3. The molecule has 6 rings (SSSR count). The van der Waals surface area contributed by atoms with Gasteiger partial charge in [0.05, 0.1) is 5.69 Å². The highest BCUT2D eigenvalue weighted by Gasteiger charge is 2.15. The summed E-state index contributed by atoms with van der Waals surface area (Å²) in [5, 5.41) is 2.09. The van der Waals surface area contributed by atoms with Gasteiger partial charge in [0.15, 0.2) is 0 Å². The number of pyridine rings is 2. The summed E-state index contributed by atoms with van der Waals surface area (Å²) in [7, 11) is 0. The number of para-hydroxylation sites is 1. The van der Waals surface area contributed by atoms with Gasteiger partial charge in [0, 0.05) is 40.2 Å². The van der Waals surface area contributed by atoms with Crippen molar-refractivity contribution < 1.29 is 4.42 Å². The number of nitrogens with zero attached hydrogens (tertiary/aromatic N) is 2. The molecule has 0 aliphatic carbocycles. The number of hydrogen-bond acceptors (Lipinski definition) is 3. The Labute approximate surface area is 198 Å². The second-order valence-corrected chi connectivity index (χ2v) is 8.80. The molecule has 34 heavy (non-hydrogen) atoms. The number of aryl methyl sites for hydroxylation is 2. The van der Waals surface area contributed by atoms with E-state index >= 15 is 0 Å². The Bertz CT molecular complexity index is 1610. The van der Waals surface area contributed by atoms with Gasteiger partial charge in [-0.2, -0.15) is 0 Å². The average molecular weight is 441 g/mol. The molecule has 0 bridgehead atoms. The molecule has 0 saturated carbocycles. The molecule has 0 amide bonds. The van der Waals surface area contributed by atoms with Crippen LogP contribution < -0.4 is 0 Å². The third-order valence-electron chi connectivity index (χ3n) is 6.46. The monoisotopic (exact) mass is 440 g/mol. The first kappa shape index (κ1) is 20.4. The first-order valence-corrected chi connectivity index (χ1v) is 11.6. The fraction of sp³-hybridized carbons (Fsp3) is 0.0968. The van der Waals surface area contributed by atoms with Crippen molar-refractivity contribution in [3.8, 4) is 22.4 Å². The van der Waals surface area contributed by atoms with Gasteiger partial charge in [0.25, 0.3) is 0 Å². The minimum atomic E-state index is 0.669. The van der Waals surface area contributed by atoms with Crippen LogP contribution in [0.3, 0.4) is 0 Å². The summed E-state index contributed by atoms with van der Waals surface area (Å²) in [5.74, 6) is 0. The lowest BCUT2D eigenvalue weighted by atomic mass is 9.96. The molecule has 6 aromatic rings. The van der Waals surface area contributed by atoms with Crippen LogP contribution in [0.5, 0.6) is 0 Å². The van der Waals surface area contributed by atoms with Crippen molar-refractivity contribution in [3.05, 3.63) is 120 Å². The van der Waals surface area contributed by atoms with E-state index in [-0.39, 0.29) is 0 Å². The van der Waals surface area contributed by atoms with E-state index in [4.69, 9.17) is 14.4 Å². The Hall–Kier alpha value is -4.24. The van der Waals surface area contributed by atoms with E-state index in [1.54, 1.807) is 0 Å². The Balaban J connectivity index is 1.40. The molecular weight excluding hydrogens is 416 g/mol. The normalized spacial score (nSPS) is 11.4. The third kappa shape index (κ3) is 3.56. The Kier molecular flexibility index (Phi) is 4.96. The van der Waals surface area contributed by atoms with Crippen LogP contribution in [0, 0.1) is 13.8 Å².